The van der Waals surface area contributed by atoms with Gasteiger partial charge in [-0.1, -0.05) is 133 Å². The summed E-state index contributed by atoms with van der Waals surface area (Å²) in [6.45, 7) is 5.98. The molecular weight excluding hydrogens is 673 g/mol. The van der Waals surface area contributed by atoms with Gasteiger partial charge in [-0.3, -0.25) is 4.79 Å². The lowest BCUT2D eigenvalue weighted by molar-refractivity contribution is -0.159. The standard InChI is InChI=1S/C43H48N2O4S2/c1-41(2,3)49-39(46)32(29-45-38(50-5)28-42(44,40(47)48-4)37-27-17-19-31-18-15-16-26-36(31)37)30-51-43(33-20-9-6-10-21-33,34-22-11-7-12-23-34)35-24-13-8-14-25-35/h6-27,32,38,45H,28-30,44H2,1-5H3/t32-,38-,42+/m0/s1. The van der Waals surface area contributed by atoms with Crippen molar-refractivity contribution in [1.82, 2.24) is 5.32 Å². The summed E-state index contributed by atoms with van der Waals surface area (Å²) in [7, 11) is 1.37. The number of rotatable bonds is 15. The Morgan fingerprint density at radius 1 is 0.745 bits per heavy atom. The minimum Gasteiger partial charge on any atom is -0.467 e. The molecule has 0 saturated carbocycles. The first-order valence-corrected chi connectivity index (χ1v) is 19.4. The Labute approximate surface area is 310 Å². The molecule has 0 aliphatic carbocycles. The molecule has 0 aromatic heterocycles. The lowest BCUT2D eigenvalue weighted by atomic mass is 9.84. The van der Waals surface area contributed by atoms with Crippen LogP contribution in [0.15, 0.2) is 133 Å². The Morgan fingerprint density at radius 2 is 1.25 bits per heavy atom. The van der Waals surface area contributed by atoms with Gasteiger partial charge in [0.25, 0.3) is 0 Å². The average Bonchev–Trinajstić information content (AvgIpc) is 3.15. The van der Waals surface area contributed by atoms with Gasteiger partial charge in [0, 0.05) is 18.7 Å². The van der Waals surface area contributed by atoms with Gasteiger partial charge >= 0.3 is 11.9 Å². The predicted molar refractivity (Wildman–Crippen MR) is 213 cm³/mol. The number of esters is 2. The van der Waals surface area contributed by atoms with Gasteiger partial charge in [0.05, 0.1) is 23.1 Å². The second-order valence-electron chi connectivity index (χ2n) is 13.6. The Morgan fingerprint density at radius 3 is 1.76 bits per heavy atom. The normalized spacial score (nSPS) is 14.3. The quantitative estimate of drug-likeness (QED) is 0.0632. The Bertz CT molecular complexity index is 1780. The monoisotopic (exact) mass is 720 g/mol. The van der Waals surface area contributed by atoms with Crippen LogP contribution >= 0.6 is 23.5 Å². The molecule has 8 heteroatoms. The van der Waals surface area contributed by atoms with Crippen molar-refractivity contribution in [1.29, 1.82) is 0 Å². The summed E-state index contributed by atoms with van der Waals surface area (Å²) in [6, 6.07) is 45.0. The minimum atomic E-state index is -1.43. The van der Waals surface area contributed by atoms with Crippen LogP contribution < -0.4 is 11.1 Å². The van der Waals surface area contributed by atoms with E-state index in [9.17, 15) is 9.59 Å². The molecule has 0 unspecified atom stereocenters. The fourth-order valence-corrected chi connectivity index (χ4v) is 8.80. The molecule has 51 heavy (non-hydrogen) atoms. The summed E-state index contributed by atoms with van der Waals surface area (Å²) in [6.07, 6.45) is 2.21. The molecule has 0 saturated heterocycles. The van der Waals surface area contributed by atoms with E-state index in [4.69, 9.17) is 15.2 Å². The Kier molecular flexibility index (Phi) is 12.7. The highest BCUT2D eigenvalue weighted by Gasteiger charge is 2.42. The van der Waals surface area contributed by atoms with Gasteiger partial charge in [-0.05, 0) is 60.1 Å². The SMILES string of the molecule is COC(=O)[C@@](N)(C[C@@H](NC[C@@H](CSC(c1ccccc1)(c1ccccc1)c1ccccc1)C(=O)OC(C)(C)C)SC)c1cccc2ccccc12. The van der Waals surface area contributed by atoms with Crippen molar-refractivity contribution in [3.8, 4) is 0 Å². The van der Waals surface area contributed by atoms with Gasteiger partial charge in [-0.25, -0.2) is 4.79 Å². The summed E-state index contributed by atoms with van der Waals surface area (Å²) < 4.78 is 10.7. The maximum atomic E-state index is 14.0. The van der Waals surface area contributed by atoms with Crippen molar-refractivity contribution in [2.75, 3.05) is 25.7 Å². The second kappa shape index (κ2) is 17.0. The number of ether oxygens (including phenoxy) is 2. The van der Waals surface area contributed by atoms with E-state index in [1.165, 1.54) is 7.11 Å². The number of nitrogens with two attached hydrogens (primary N) is 1. The van der Waals surface area contributed by atoms with E-state index < -0.39 is 27.8 Å². The highest BCUT2D eigenvalue weighted by atomic mass is 32.2. The lowest BCUT2D eigenvalue weighted by Crippen LogP contribution is -2.50. The van der Waals surface area contributed by atoms with Gasteiger partial charge in [0.15, 0.2) is 0 Å². The number of nitrogens with one attached hydrogen (secondary N) is 1. The first kappa shape index (κ1) is 38.2. The van der Waals surface area contributed by atoms with Crippen LogP contribution in [0.3, 0.4) is 0 Å². The van der Waals surface area contributed by atoms with Gasteiger partial charge < -0.3 is 20.5 Å². The third-order valence-electron chi connectivity index (χ3n) is 8.99. The van der Waals surface area contributed by atoms with Crippen molar-refractivity contribution >= 4 is 46.2 Å². The maximum Gasteiger partial charge on any atom is 0.330 e. The molecule has 0 amide bonds. The summed E-state index contributed by atoms with van der Waals surface area (Å²) in [5.74, 6) is -0.874. The van der Waals surface area contributed by atoms with Crippen LogP contribution in [0.25, 0.3) is 10.8 Å². The predicted octanol–water partition coefficient (Wildman–Crippen LogP) is 8.52. The maximum absolute atomic E-state index is 14.0. The van der Waals surface area contributed by atoms with E-state index in [0.29, 0.717) is 17.9 Å². The van der Waals surface area contributed by atoms with Gasteiger partial charge in [0.2, 0.25) is 0 Å². The van der Waals surface area contributed by atoms with Crippen LogP contribution in [0.5, 0.6) is 0 Å². The molecule has 6 nitrogen and oxygen atoms in total. The number of fused-ring (bicyclic) bond motifs is 1. The highest BCUT2D eigenvalue weighted by Crippen LogP contribution is 2.49. The second-order valence-corrected chi connectivity index (χ2v) is 15.9. The molecule has 0 fully saturated rings. The van der Waals surface area contributed by atoms with Crippen LogP contribution in [0.2, 0.25) is 0 Å². The molecule has 0 heterocycles. The molecule has 266 valence electrons. The smallest absolute Gasteiger partial charge is 0.330 e. The first-order chi connectivity index (χ1) is 24.5. The number of carbonyl (C=O) groups excluding carboxylic acids is 2. The molecule has 5 aromatic rings. The first-order valence-electron chi connectivity index (χ1n) is 17.2. The number of carbonyl (C=O) groups is 2. The lowest BCUT2D eigenvalue weighted by Gasteiger charge is -2.37. The third kappa shape index (κ3) is 8.87. The van der Waals surface area contributed by atoms with Crippen LogP contribution in [-0.2, 0) is 29.3 Å². The molecule has 0 radical (unpaired) electrons. The van der Waals surface area contributed by atoms with E-state index in [-0.39, 0.29) is 17.8 Å². The van der Waals surface area contributed by atoms with Crippen LogP contribution in [0.1, 0.15) is 49.4 Å². The van der Waals surface area contributed by atoms with Gasteiger partial charge in [-0.2, -0.15) is 0 Å². The number of hydrogen-bond donors (Lipinski definition) is 2. The number of methoxy groups -OCH3 is 1. The average molecular weight is 721 g/mol. The third-order valence-corrected chi connectivity index (χ3v) is 11.6. The fraction of sp³-hybridized carbons (Fsp3) is 0.302. The van der Waals surface area contributed by atoms with Crippen molar-refractivity contribution in [3.63, 3.8) is 0 Å². The van der Waals surface area contributed by atoms with Crippen molar-refractivity contribution in [2.45, 2.75) is 48.5 Å². The fourth-order valence-electron chi connectivity index (χ4n) is 6.49. The molecule has 5 aromatic carbocycles. The highest BCUT2D eigenvalue weighted by molar-refractivity contribution is 8.00. The van der Waals surface area contributed by atoms with E-state index in [2.05, 4.69) is 78.1 Å². The van der Waals surface area contributed by atoms with Crippen LogP contribution in [0.4, 0.5) is 0 Å². The molecule has 5 rings (SSSR count). The number of thioether (sulfide) groups is 2. The molecule has 3 N–H and O–H groups in total. The topological polar surface area (TPSA) is 90.6 Å². The summed E-state index contributed by atoms with van der Waals surface area (Å²) >= 11 is 3.27. The zero-order chi connectivity index (χ0) is 36.5. The summed E-state index contributed by atoms with van der Waals surface area (Å²) in [4.78, 5) is 27.5. The molecule has 0 bridgehead atoms. The van der Waals surface area contributed by atoms with Crippen LogP contribution in [0, 0.1) is 5.92 Å². The van der Waals surface area contributed by atoms with Crippen LogP contribution in [-0.4, -0.2) is 48.6 Å². The van der Waals surface area contributed by atoms with Crippen molar-refractivity contribution in [2.24, 2.45) is 11.7 Å². The van der Waals surface area contributed by atoms with Crippen molar-refractivity contribution < 1.29 is 19.1 Å². The number of hydrogen-bond acceptors (Lipinski definition) is 8. The van der Waals surface area contributed by atoms with E-state index in [1.54, 1.807) is 23.5 Å². The minimum absolute atomic E-state index is 0.241. The van der Waals surface area contributed by atoms with Crippen molar-refractivity contribution in [3.05, 3.63) is 156 Å². The molecule has 0 aliphatic rings. The Hall–Kier alpha value is -4.08. The Balaban J connectivity index is 1.48. The largest absolute Gasteiger partial charge is 0.467 e. The molecule has 3 atom stereocenters. The molecule has 0 aliphatic heterocycles. The molecular formula is C43H48N2O4S2. The van der Waals surface area contributed by atoms with Gasteiger partial charge in [0.1, 0.15) is 11.1 Å². The van der Waals surface area contributed by atoms with E-state index in [0.717, 1.165) is 27.5 Å². The summed E-state index contributed by atoms with van der Waals surface area (Å²) in [5.41, 5.74) is 9.00. The summed E-state index contributed by atoms with van der Waals surface area (Å²) in [5, 5.41) is 5.21. The van der Waals surface area contributed by atoms with E-state index in [1.807, 2.05) is 87.7 Å². The zero-order valence-electron chi connectivity index (χ0n) is 30.0. The van der Waals surface area contributed by atoms with Gasteiger partial charge in [-0.15, -0.1) is 23.5 Å². The zero-order valence-corrected chi connectivity index (χ0v) is 31.6. The number of benzene rings is 5. The molecule has 0 spiro atoms. The van der Waals surface area contributed by atoms with E-state index >= 15 is 0 Å².